The van der Waals surface area contributed by atoms with Crippen LogP contribution in [0.25, 0.3) is 0 Å². The molecule has 1 aromatic heterocycles. The van der Waals surface area contributed by atoms with Crippen molar-refractivity contribution in [1.29, 1.82) is 0 Å². The largest absolute Gasteiger partial charge is 0.370 e. The van der Waals surface area contributed by atoms with Gasteiger partial charge in [0.1, 0.15) is 11.6 Å². The van der Waals surface area contributed by atoms with Crippen LogP contribution in [0.15, 0.2) is 0 Å². The van der Waals surface area contributed by atoms with Gasteiger partial charge in [0.15, 0.2) is 0 Å². The van der Waals surface area contributed by atoms with Crippen LogP contribution in [0.3, 0.4) is 0 Å². The van der Waals surface area contributed by atoms with Gasteiger partial charge in [0.05, 0.1) is 5.25 Å². The molecule has 3 nitrogen and oxygen atoms in total. The van der Waals surface area contributed by atoms with Crippen LogP contribution < -0.4 is 5.32 Å². The third-order valence-electron chi connectivity index (χ3n) is 3.66. The number of hydrogen-bond acceptors (Lipinski definition) is 5. The van der Waals surface area contributed by atoms with Crippen molar-refractivity contribution in [3.05, 3.63) is 17.1 Å². The number of hydrogen-bond donors (Lipinski definition) is 1. The van der Waals surface area contributed by atoms with E-state index < -0.39 is 0 Å². The highest BCUT2D eigenvalue weighted by Gasteiger charge is 2.29. The van der Waals surface area contributed by atoms with Crippen molar-refractivity contribution in [2.75, 3.05) is 23.4 Å². The molecule has 1 aliphatic rings. The lowest BCUT2D eigenvalue weighted by Crippen LogP contribution is -2.21. The first-order valence-electron chi connectivity index (χ1n) is 7.49. The molecule has 2 heterocycles. The van der Waals surface area contributed by atoms with Crippen molar-refractivity contribution >= 4 is 29.3 Å². The minimum atomic E-state index is 0.445. The average molecular weight is 312 g/mol. The molecule has 0 saturated carbocycles. The molecule has 1 saturated heterocycles. The van der Waals surface area contributed by atoms with E-state index in [1.165, 1.54) is 23.5 Å². The summed E-state index contributed by atoms with van der Waals surface area (Å²) in [5.41, 5.74) is 2.29. The highest BCUT2D eigenvalue weighted by molar-refractivity contribution is 8.06. The molecule has 0 radical (unpaired) electrons. The van der Waals surface area contributed by atoms with Crippen LogP contribution in [0.5, 0.6) is 0 Å². The van der Waals surface area contributed by atoms with Gasteiger partial charge in [0.2, 0.25) is 0 Å². The van der Waals surface area contributed by atoms with E-state index in [0.29, 0.717) is 10.5 Å². The number of nitrogens with one attached hydrogen (secondary N) is 1. The van der Waals surface area contributed by atoms with Crippen LogP contribution in [0.2, 0.25) is 0 Å². The molecule has 1 aliphatic heterocycles. The number of nitrogens with zero attached hydrogens (tertiary/aromatic N) is 2. The second-order valence-electron chi connectivity index (χ2n) is 5.18. The molecule has 1 N–H and O–H groups in total. The van der Waals surface area contributed by atoms with Gasteiger partial charge in [-0.1, -0.05) is 13.8 Å². The fourth-order valence-electron chi connectivity index (χ4n) is 2.34. The Morgan fingerprint density at radius 2 is 1.90 bits per heavy atom. The second-order valence-corrected chi connectivity index (χ2v) is 7.77. The molecular formula is C15H25N3S2. The maximum Gasteiger partial charge on any atom is 0.145 e. The highest BCUT2D eigenvalue weighted by Crippen LogP contribution is 2.43. The molecule has 1 aromatic rings. The Kier molecular flexibility index (Phi) is 6.02. The number of aryl methyl sites for hydroxylation is 1. The maximum atomic E-state index is 4.84. The Hall–Kier alpha value is -0.420. The smallest absolute Gasteiger partial charge is 0.145 e. The van der Waals surface area contributed by atoms with Gasteiger partial charge in [-0.15, -0.1) is 11.8 Å². The first kappa shape index (κ1) is 16.0. The van der Waals surface area contributed by atoms with Crippen LogP contribution in [0, 0.1) is 13.8 Å². The molecular weight excluding hydrogens is 286 g/mol. The van der Waals surface area contributed by atoms with Gasteiger partial charge in [-0.05, 0) is 26.7 Å². The van der Waals surface area contributed by atoms with E-state index in [-0.39, 0.29) is 0 Å². The average Bonchev–Trinajstić information content (AvgIpc) is 2.48. The number of rotatable bonds is 5. The van der Waals surface area contributed by atoms with E-state index in [1.54, 1.807) is 0 Å². The van der Waals surface area contributed by atoms with Crippen molar-refractivity contribution in [2.24, 2.45) is 0 Å². The summed E-state index contributed by atoms with van der Waals surface area (Å²) in [6.45, 7) is 9.63. The zero-order valence-electron chi connectivity index (χ0n) is 12.9. The topological polar surface area (TPSA) is 37.8 Å². The van der Waals surface area contributed by atoms with Crippen molar-refractivity contribution in [2.45, 2.75) is 51.0 Å². The molecule has 0 aliphatic carbocycles. The summed E-state index contributed by atoms with van der Waals surface area (Å²) >= 11 is 4.10. The minimum absolute atomic E-state index is 0.445. The SMILES string of the molecule is CCCNc1nc(C2SCCSC2CC)nc(C)c1C. The van der Waals surface area contributed by atoms with Gasteiger partial charge in [-0.25, -0.2) is 9.97 Å². The van der Waals surface area contributed by atoms with Crippen LogP contribution in [0.1, 0.15) is 49.0 Å². The fourth-order valence-corrected chi connectivity index (χ4v) is 5.33. The van der Waals surface area contributed by atoms with Crippen LogP contribution in [0.4, 0.5) is 5.82 Å². The monoisotopic (exact) mass is 311 g/mol. The van der Waals surface area contributed by atoms with Gasteiger partial charge in [-0.3, -0.25) is 0 Å². The second kappa shape index (κ2) is 7.55. The van der Waals surface area contributed by atoms with E-state index in [2.05, 4.69) is 44.8 Å². The molecule has 0 aromatic carbocycles. The summed E-state index contributed by atoms with van der Waals surface area (Å²) in [6.07, 6.45) is 2.31. The van der Waals surface area contributed by atoms with Crippen LogP contribution in [-0.4, -0.2) is 33.3 Å². The Balaban J connectivity index is 2.28. The summed E-state index contributed by atoms with van der Waals surface area (Å²) in [5.74, 6) is 4.52. The molecule has 0 bridgehead atoms. The lowest BCUT2D eigenvalue weighted by molar-refractivity contribution is 0.743. The molecule has 0 amide bonds. The first-order valence-corrected chi connectivity index (χ1v) is 9.59. The molecule has 112 valence electrons. The zero-order chi connectivity index (χ0) is 14.5. The number of anilines is 1. The van der Waals surface area contributed by atoms with Crippen molar-refractivity contribution < 1.29 is 0 Å². The van der Waals surface area contributed by atoms with Crippen LogP contribution >= 0.6 is 23.5 Å². The Labute approximate surface area is 131 Å². The Morgan fingerprint density at radius 3 is 2.60 bits per heavy atom. The fraction of sp³-hybridized carbons (Fsp3) is 0.733. The normalized spacial score (nSPS) is 22.8. The third-order valence-corrected chi connectivity index (χ3v) is 6.90. The molecule has 0 spiro atoms. The van der Waals surface area contributed by atoms with Crippen molar-refractivity contribution in [1.82, 2.24) is 9.97 Å². The standard InChI is InChI=1S/C15H25N3S2/c1-5-7-16-14-10(3)11(4)17-15(18-14)13-12(6-2)19-8-9-20-13/h12-13H,5-9H2,1-4H3,(H,16,17,18). The molecule has 2 atom stereocenters. The van der Waals surface area contributed by atoms with Gasteiger partial charge >= 0.3 is 0 Å². The molecule has 5 heteroatoms. The van der Waals surface area contributed by atoms with E-state index in [4.69, 9.17) is 9.97 Å². The zero-order valence-corrected chi connectivity index (χ0v) is 14.5. The first-order chi connectivity index (χ1) is 9.67. The summed E-state index contributed by atoms with van der Waals surface area (Å²) in [6, 6.07) is 0. The Bertz CT molecular complexity index is 451. The summed E-state index contributed by atoms with van der Waals surface area (Å²) < 4.78 is 0. The predicted octanol–water partition coefficient (Wildman–Crippen LogP) is 4.22. The predicted molar refractivity (Wildman–Crippen MR) is 92.0 cm³/mol. The lowest BCUT2D eigenvalue weighted by atomic mass is 10.2. The Morgan fingerprint density at radius 1 is 1.15 bits per heavy atom. The maximum absolute atomic E-state index is 4.84. The summed E-state index contributed by atoms with van der Waals surface area (Å²) in [7, 11) is 0. The molecule has 2 unspecified atom stereocenters. The minimum Gasteiger partial charge on any atom is -0.370 e. The number of aromatic nitrogens is 2. The molecule has 2 rings (SSSR count). The number of thioether (sulfide) groups is 2. The van der Waals surface area contributed by atoms with Gasteiger partial charge in [0, 0.05) is 34.6 Å². The van der Waals surface area contributed by atoms with Gasteiger partial charge in [-0.2, -0.15) is 11.8 Å². The van der Waals surface area contributed by atoms with E-state index >= 15 is 0 Å². The summed E-state index contributed by atoms with van der Waals surface area (Å²) in [5, 5.41) is 4.54. The highest BCUT2D eigenvalue weighted by atomic mass is 32.2. The molecule has 20 heavy (non-hydrogen) atoms. The van der Waals surface area contributed by atoms with Crippen LogP contribution in [-0.2, 0) is 0 Å². The third kappa shape index (κ3) is 3.61. The van der Waals surface area contributed by atoms with E-state index in [9.17, 15) is 0 Å². The van der Waals surface area contributed by atoms with Crippen molar-refractivity contribution in [3.63, 3.8) is 0 Å². The summed E-state index contributed by atoms with van der Waals surface area (Å²) in [4.78, 5) is 9.61. The van der Waals surface area contributed by atoms with Gasteiger partial charge < -0.3 is 5.32 Å². The van der Waals surface area contributed by atoms with Crippen molar-refractivity contribution in [3.8, 4) is 0 Å². The van der Waals surface area contributed by atoms with Gasteiger partial charge in [0.25, 0.3) is 0 Å². The molecule has 1 fully saturated rings. The quantitative estimate of drug-likeness (QED) is 0.881. The van der Waals surface area contributed by atoms with E-state index in [1.807, 2.05) is 11.8 Å². The lowest BCUT2D eigenvalue weighted by Gasteiger charge is -2.29. The van der Waals surface area contributed by atoms with E-state index in [0.717, 1.165) is 30.3 Å².